The van der Waals surface area contributed by atoms with E-state index in [1.807, 2.05) is 0 Å². The van der Waals surface area contributed by atoms with Gasteiger partial charge in [-0.25, -0.2) is 8.42 Å². The molecular weight excluding hydrogens is 344 g/mol. The first kappa shape index (κ1) is 18.0. The van der Waals surface area contributed by atoms with Crippen molar-refractivity contribution in [3.63, 3.8) is 0 Å². The van der Waals surface area contributed by atoms with Gasteiger partial charge in [-0.3, -0.25) is 4.79 Å². The monoisotopic (exact) mass is 368 g/mol. The highest BCUT2D eigenvalue weighted by atomic mass is 32.2. The van der Waals surface area contributed by atoms with Crippen LogP contribution in [0.25, 0.3) is 0 Å². The van der Waals surface area contributed by atoms with Crippen molar-refractivity contribution in [2.45, 2.75) is 38.1 Å². The molecule has 1 aromatic rings. The lowest BCUT2D eigenvalue weighted by atomic mass is 9.95. The number of nitrogens with one attached hydrogen (secondary N) is 1. The number of sulfonamides is 1. The third-order valence-corrected chi connectivity index (χ3v) is 5.81. The smallest absolute Gasteiger partial charge is 0.239 e. The number of anilines is 1. The summed E-state index contributed by atoms with van der Waals surface area (Å²) in [5.74, 6) is 0.869. The van der Waals surface area contributed by atoms with Crippen LogP contribution in [-0.4, -0.2) is 50.7 Å². The van der Waals surface area contributed by atoms with Crippen LogP contribution < -0.4 is 14.8 Å². The van der Waals surface area contributed by atoms with Crippen LogP contribution >= 0.6 is 0 Å². The van der Waals surface area contributed by atoms with Crippen LogP contribution in [0, 0.1) is 0 Å². The first-order chi connectivity index (χ1) is 11.9. The van der Waals surface area contributed by atoms with E-state index in [0.717, 1.165) is 32.1 Å². The zero-order valence-corrected chi connectivity index (χ0v) is 15.2. The van der Waals surface area contributed by atoms with E-state index in [4.69, 9.17) is 9.47 Å². The number of carbonyl (C=O) groups is 1. The number of benzene rings is 1. The Bertz CT molecular complexity index is 729. The zero-order valence-electron chi connectivity index (χ0n) is 14.4. The molecule has 1 fully saturated rings. The maximum atomic E-state index is 12.4. The van der Waals surface area contributed by atoms with Gasteiger partial charge in [0, 0.05) is 17.8 Å². The van der Waals surface area contributed by atoms with Crippen molar-refractivity contribution in [2.75, 3.05) is 31.3 Å². The van der Waals surface area contributed by atoms with Gasteiger partial charge in [0.25, 0.3) is 0 Å². The summed E-state index contributed by atoms with van der Waals surface area (Å²) >= 11 is 0. The summed E-state index contributed by atoms with van der Waals surface area (Å²) in [5.41, 5.74) is 0.561. The molecule has 0 saturated heterocycles. The fourth-order valence-corrected chi connectivity index (χ4v) is 4.45. The molecule has 25 heavy (non-hydrogen) atoms. The Hall–Kier alpha value is -1.80. The highest BCUT2D eigenvalue weighted by Gasteiger charge is 2.30. The highest BCUT2D eigenvalue weighted by Crippen LogP contribution is 2.32. The molecule has 1 saturated carbocycles. The van der Waals surface area contributed by atoms with Crippen molar-refractivity contribution in [2.24, 2.45) is 0 Å². The van der Waals surface area contributed by atoms with Crippen molar-refractivity contribution in [1.29, 1.82) is 0 Å². The molecule has 0 spiro atoms. The molecule has 7 nitrogen and oxygen atoms in total. The maximum Gasteiger partial charge on any atom is 0.239 e. The summed E-state index contributed by atoms with van der Waals surface area (Å²) in [5, 5.41) is 2.75. The summed E-state index contributed by atoms with van der Waals surface area (Å²) in [7, 11) is -3.44. The number of amides is 1. The Kier molecular flexibility index (Phi) is 5.48. The standard InChI is InChI=1S/C17H24N2O5S/c1-25(21,22)19(14-5-3-2-4-6-14)12-17(20)18-13-7-8-15-16(11-13)24-10-9-23-15/h7-8,11,14H,2-6,9-10,12H2,1H3,(H,18,20). The van der Waals surface area contributed by atoms with Gasteiger partial charge in [-0.15, -0.1) is 0 Å². The van der Waals surface area contributed by atoms with E-state index in [-0.39, 0.29) is 18.5 Å². The van der Waals surface area contributed by atoms with Crippen molar-refractivity contribution >= 4 is 21.6 Å². The lowest BCUT2D eigenvalue weighted by molar-refractivity contribution is -0.116. The maximum absolute atomic E-state index is 12.4. The van der Waals surface area contributed by atoms with Crippen molar-refractivity contribution in [3.8, 4) is 11.5 Å². The van der Waals surface area contributed by atoms with Gasteiger partial charge in [0.1, 0.15) is 13.2 Å². The largest absolute Gasteiger partial charge is 0.486 e. The van der Waals surface area contributed by atoms with Gasteiger partial charge < -0.3 is 14.8 Å². The molecule has 3 rings (SSSR count). The van der Waals surface area contributed by atoms with Crippen LogP contribution in [0.3, 0.4) is 0 Å². The second-order valence-corrected chi connectivity index (χ2v) is 8.44. The van der Waals surface area contributed by atoms with Gasteiger partial charge in [-0.1, -0.05) is 19.3 Å². The van der Waals surface area contributed by atoms with E-state index >= 15 is 0 Å². The summed E-state index contributed by atoms with van der Waals surface area (Å²) in [4.78, 5) is 12.4. The van der Waals surface area contributed by atoms with Crippen LogP contribution in [0.1, 0.15) is 32.1 Å². The third-order valence-electron chi connectivity index (χ3n) is 4.53. The lowest BCUT2D eigenvalue weighted by Crippen LogP contribution is -2.45. The number of nitrogens with zero attached hydrogens (tertiary/aromatic N) is 1. The van der Waals surface area contributed by atoms with Crippen molar-refractivity contribution in [3.05, 3.63) is 18.2 Å². The van der Waals surface area contributed by atoms with Crippen LogP contribution in [0.2, 0.25) is 0 Å². The van der Waals surface area contributed by atoms with E-state index in [1.54, 1.807) is 18.2 Å². The topological polar surface area (TPSA) is 84.9 Å². The van der Waals surface area contributed by atoms with Crippen molar-refractivity contribution in [1.82, 2.24) is 4.31 Å². The second kappa shape index (κ2) is 7.61. The van der Waals surface area contributed by atoms with E-state index in [1.165, 1.54) is 10.6 Å². The first-order valence-electron chi connectivity index (χ1n) is 8.60. The van der Waals surface area contributed by atoms with Gasteiger partial charge in [0.15, 0.2) is 11.5 Å². The molecule has 0 aromatic heterocycles. The van der Waals surface area contributed by atoms with Crippen LogP contribution in [0.5, 0.6) is 11.5 Å². The van der Waals surface area contributed by atoms with E-state index in [2.05, 4.69) is 5.32 Å². The zero-order chi connectivity index (χ0) is 17.9. The molecule has 8 heteroatoms. The first-order valence-corrected chi connectivity index (χ1v) is 10.4. The predicted molar refractivity (Wildman–Crippen MR) is 94.5 cm³/mol. The van der Waals surface area contributed by atoms with Gasteiger partial charge in [0.2, 0.25) is 15.9 Å². The number of rotatable bonds is 5. The molecule has 1 amide bonds. The Balaban J connectivity index is 1.67. The number of fused-ring (bicyclic) bond motifs is 1. The minimum absolute atomic E-state index is 0.0882. The molecule has 1 aromatic carbocycles. The third kappa shape index (κ3) is 4.64. The minimum atomic E-state index is -3.44. The molecule has 2 aliphatic rings. The van der Waals surface area contributed by atoms with E-state index < -0.39 is 10.0 Å². The summed E-state index contributed by atoms with van der Waals surface area (Å²) < 4.78 is 36.5. The van der Waals surface area contributed by atoms with E-state index in [9.17, 15) is 13.2 Å². The predicted octanol–water partition coefficient (Wildman–Crippen LogP) is 1.99. The average Bonchev–Trinajstić information content (AvgIpc) is 2.59. The van der Waals surface area contributed by atoms with Gasteiger partial charge >= 0.3 is 0 Å². The number of hydrogen-bond donors (Lipinski definition) is 1. The summed E-state index contributed by atoms with van der Waals surface area (Å²) in [6, 6.07) is 5.06. The highest BCUT2D eigenvalue weighted by molar-refractivity contribution is 7.88. The summed E-state index contributed by atoms with van der Waals surface area (Å²) in [6.45, 7) is 0.801. The number of carbonyl (C=O) groups excluding carboxylic acids is 1. The fraction of sp³-hybridized carbons (Fsp3) is 0.588. The number of ether oxygens (including phenoxy) is 2. The second-order valence-electron chi connectivity index (χ2n) is 6.51. The molecule has 1 heterocycles. The molecule has 0 bridgehead atoms. The molecule has 0 atom stereocenters. The van der Waals surface area contributed by atoms with Gasteiger partial charge in [-0.05, 0) is 25.0 Å². The van der Waals surface area contributed by atoms with Crippen molar-refractivity contribution < 1.29 is 22.7 Å². The molecule has 1 aliphatic heterocycles. The normalized spacial score (nSPS) is 18.2. The SMILES string of the molecule is CS(=O)(=O)N(CC(=O)Nc1ccc2c(c1)OCCO2)C1CCCCC1. The van der Waals surface area contributed by atoms with Crippen LogP contribution in [0.15, 0.2) is 18.2 Å². The minimum Gasteiger partial charge on any atom is -0.486 e. The van der Waals surface area contributed by atoms with Crippen LogP contribution in [-0.2, 0) is 14.8 Å². The Labute approximate surface area is 148 Å². The summed E-state index contributed by atoms with van der Waals surface area (Å²) in [6.07, 6.45) is 5.91. The number of hydrogen-bond acceptors (Lipinski definition) is 5. The molecule has 138 valence electrons. The fourth-order valence-electron chi connectivity index (χ4n) is 3.35. The Morgan fingerprint density at radius 3 is 2.52 bits per heavy atom. The molecule has 0 radical (unpaired) electrons. The average molecular weight is 368 g/mol. The Morgan fingerprint density at radius 1 is 1.16 bits per heavy atom. The van der Waals surface area contributed by atoms with Crippen LogP contribution in [0.4, 0.5) is 5.69 Å². The molecule has 1 N–H and O–H groups in total. The quantitative estimate of drug-likeness (QED) is 0.859. The Morgan fingerprint density at radius 2 is 1.84 bits per heavy atom. The molecular formula is C17H24N2O5S. The van der Waals surface area contributed by atoms with E-state index in [0.29, 0.717) is 30.4 Å². The molecule has 1 aliphatic carbocycles. The van der Waals surface area contributed by atoms with Gasteiger partial charge in [-0.2, -0.15) is 4.31 Å². The lowest BCUT2D eigenvalue weighted by Gasteiger charge is -2.31. The van der Waals surface area contributed by atoms with Gasteiger partial charge in [0.05, 0.1) is 12.8 Å². The molecule has 0 unspecified atom stereocenters.